The van der Waals surface area contributed by atoms with Gasteiger partial charge in [-0.1, -0.05) is 6.07 Å². The molecular formula is C19H24N2O3. The van der Waals surface area contributed by atoms with Crippen molar-refractivity contribution in [2.75, 3.05) is 26.3 Å². The van der Waals surface area contributed by atoms with Gasteiger partial charge in [-0.2, -0.15) is 0 Å². The number of aryl methyl sites for hydroxylation is 1. The Balaban J connectivity index is 1.64. The normalized spacial score (nSPS) is 17.9. The Bertz CT molecular complexity index is 715. The summed E-state index contributed by atoms with van der Waals surface area (Å²) >= 11 is 0. The van der Waals surface area contributed by atoms with Crippen molar-refractivity contribution in [3.8, 4) is 5.75 Å². The maximum atomic E-state index is 12.4. The Morgan fingerprint density at radius 3 is 3.08 bits per heavy atom. The van der Waals surface area contributed by atoms with Crippen LogP contribution in [-0.4, -0.2) is 48.2 Å². The molecule has 0 aliphatic carbocycles. The minimum Gasteiger partial charge on any atom is -0.483 e. The summed E-state index contributed by atoms with van der Waals surface area (Å²) in [5.74, 6) is 0.711. The van der Waals surface area contributed by atoms with Crippen LogP contribution in [0, 0.1) is 6.92 Å². The van der Waals surface area contributed by atoms with Crippen molar-refractivity contribution in [2.24, 2.45) is 0 Å². The lowest BCUT2D eigenvalue weighted by molar-refractivity contribution is -0.137. The van der Waals surface area contributed by atoms with Gasteiger partial charge in [0.2, 0.25) is 0 Å². The molecule has 1 saturated heterocycles. The molecule has 0 N–H and O–H groups in total. The number of hydrogen-bond acceptors (Lipinski definition) is 4. The summed E-state index contributed by atoms with van der Waals surface area (Å²) in [6.07, 6.45) is 3.87. The average molecular weight is 328 g/mol. The molecular weight excluding hydrogens is 304 g/mol. The molecule has 5 heteroatoms. The second-order valence-electron chi connectivity index (χ2n) is 6.18. The van der Waals surface area contributed by atoms with Gasteiger partial charge in [-0.3, -0.25) is 9.78 Å². The summed E-state index contributed by atoms with van der Waals surface area (Å²) in [6, 6.07) is 7.84. The van der Waals surface area contributed by atoms with Crippen molar-refractivity contribution in [3.63, 3.8) is 0 Å². The highest BCUT2D eigenvalue weighted by molar-refractivity contribution is 5.86. The Morgan fingerprint density at radius 1 is 1.38 bits per heavy atom. The van der Waals surface area contributed by atoms with Crippen LogP contribution >= 0.6 is 0 Å². The second kappa shape index (κ2) is 7.62. The highest BCUT2D eigenvalue weighted by Gasteiger charge is 2.24. The van der Waals surface area contributed by atoms with Gasteiger partial charge in [0.1, 0.15) is 5.75 Å². The van der Waals surface area contributed by atoms with Crippen LogP contribution in [0.15, 0.2) is 30.5 Å². The van der Waals surface area contributed by atoms with Crippen molar-refractivity contribution >= 4 is 16.8 Å². The van der Waals surface area contributed by atoms with Crippen LogP contribution in [-0.2, 0) is 9.53 Å². The molecule has 0 saturated carbocycles. The lowest BCUT2D eigenvalue weighted by Gasteiger charge is -2.32. The zero-order valence-corrected chi connectivity index (χ0v) is 14.3. The van der Waals surface area contributed by atoms with E-state index in [1.807, 2.05) is 43.0 Å². The van der Waals surface area contributed by atoms with Crippen LogP contribution in [0.25, 0.3) is 10.9 Å². The van der Waals surface area contributed by atoms with Gasteiger partial charge in [0, 0.05) is 31.3 Å². The first-order chi connectivity index (χ1) is 11.7. The van der Waals surface area contributed by atoms with Crippen LogP contribution in [0.5, 0.6) is 5.75 Å². The van der Waals surface area contributed by atoms with Gasteiger partial charge in [0.25, 0.3) is 5.91 Å². The smallest absolute Gasteiger partial charge is 0.260 e. The van der Waals surface area contributed by atoms with E-state index >= 15 is 0 Å². The van der Waals surface area contributed by atoms with Gasteiger partial charge < -0.3 is 14.4 Å². The summed E-state index contributed by atoms with van der Waals surface area (Å²) in [6.45, 7) is 6.19. The number of benzene rings is 1. The third-order valence-electron chi connectivity index (χ3n) is 4.34. The van der Waals surface area contributed by atoms with Crippen LogP contribution < -0.4 is 4.74 Å². The number of carbonyl (C=O) groups is 1. The highest BCUT2D eigenvalue weighted by atomic mass is 16.5. The van der Waals surface area contributed by atoms with E-state index in [0.29, 0.717) is 18.9 Å². The first-order valence-electron chi connectivity index (χ1n) is 8.55. The minimum absolute atomic E-state index is 0.0106. The summed E-state index contributed by atoms with van der Waals surface area (Å²) in [5, 5.41) is 0.932. The Morgan fingerprint density at radius 2 is 2.25 bits per heavy atom. The molecule has 2 aromatic rings. The molecule has 0 radical (unpaired) electrons. The van der Waals surface area contributed by atoms with E-state index in [2.05, 4.69) is 4.98 Å². The average Bonchev–Trinajstić information content (AvgIpc) is 2.60. The number of fused-ring (bicyclic) bond motifs is 1. The van der Waals surface area contributed by atoms with E-state index in [9.17, 15) is 4.79 Å². The molecule has 1 fully saturated rings. The van der Waals surface area contributed by atoms with Gasteiger partial charge in [0.05, 0.1) is 11.6 Å². The fourth-order valence-electron chi connectivity index (χ4n) is 3.12. The molecule has 24 heavy (non-hydrogen) atoms. The largest absolute Gasteiger partial charge is 0.483 e. The van der Waals surface area contributed by atoms with Crippen LogP contribution in [0.1, 0.15) is 25.3 Å². The first-order valence-corrected chi connectivity index (χ1v) is 8.55. The quantitative estimate of drug-likeness (QED) is 0.847. The summed E-state index contributed by atoms with van der Waals surface area (Å²) < 4.78 is 11.4. The fourth-order valence-corrected chi connectivity index (χ4v) is 3.12. The Labute approximate surface area is 142 Å². The van der Waals surface area contributed by atoms with Crippen molar-refractivity contribution < 1.29 is 14.3 Å². The van der Waals surface area contributed by atoms with E-state index in [-0.39, 0.29) is 18.6 Å². The molecule has 1 amide bonds. The lowest BCUT2D eigenvalue weighted by atomic mass is 10.1. The molecule has 1 aromatic heterocycles. The van der Waals surface area contributed by atoms with Crippen LogP contribution in [0.2, 0.25) is 0 Å². The highest BCUT2D eigenvalue weighted by Crippen LogP contribution is 2.24. The maximum Gasteiger partial charge on any atom is 0.260 e. The second-order valence-corrected chi connectivity index (χ2v) is 6.18. The van der Waals surface area contributed by atoms with Gasteiger partial charge >= 0.3 is 0 Å². The molecule has 0 bridgehead atoms. The Hall–Kier alpha value is -2.14. The zero-order chi connectivity index (χ0) is 16.9. The molecule has 0 spiro atoms. The summed E-state index contributed by atoms with van der Waals surface area (Å²) in [5.41, 5.74) is 2.04. The van der Waals surface area contributed by atoms with Gasteiger partial charge in [-0.25, -0.2) is 0 Å². The van der Waals surface area contributed by atoms with E-state index < -0.39 is 0 Å². The zero-order valence-electron chi connectivity index (χ0n) is 14.3. The third kappa shape index (κ3) is 3.85. The Kier molecular flexibility index (Phi) is 5.30. The van der Waals surface area contributed by atoms with Crippen LogP contribution in [0.3, 0.4) is 0 Å². The molecule has 2 heterocycles. The summed E-state index contributed by atoms with van der Waals surface area (Å²) in [7, 11) is 0. The third-order valence-corrected chi connectivity index (χ3v) is 4.34. The van der Waals surface area contributed by atoms with Crippen molar-refractivity contribution in [2.45, 2.75) is 32.8 Å². The molecule has 128 valence electrons. The minimum atomic E-state index is 0.0106. The molecule has 1 unspecified atom stereocenters. The molecule has 1 aliphatic rings. The molecule has 1 atom stereocenters. The van der Waals surface area contributed by atoms with Crippen molar-refractivity contribution in [1.82, 2.24) is 9.88 Å². The number of aromatic nitrogens is 1. The van der Waals surface area contributed by atoms with Crippen molar-refractivity contribution in [1.29, 1.82) is 0 Å². The van der Waals surface area contributed by atoms with E-state index in [0.717, 1.165) is 35.9 Å². The summed E-state index contributed by atoms with van der Waals surface area (Å²) in [4.78, 5) is 18.6. The number of piperidine rings is 1. The van der Waals surface area contributed by atoms with Crippen LogP contribution in [0.4, 0.5) is 0 Å². The predicted octanol–water partition coefficient (Wildman–Crippen LogP) is 2.95. The topological polar surface area (TPSA) is 51.7 Å². The monoisotopic (exact) mass is 328 g/mol. The number of ether oxygens (including phenoxy) is 2. The number of rotatable bonds is 5. The molecule has 1 aliphatic heterocycles. The number of carbonyl (C=O) groups excluding carboxylic acids is 1. The van der Waals surface area contributed by atoms with Crippen molar-refractivity contribution in [3.05, 3.63) is 36.0 Å². The van der Waals surface area contributed by atoms with E-state index in [4.69, 9.17) is 9.47 Å². The molecule has 3 rings (SSSR count). The van der Waals surface area contributed by atoms with Gasteiger partial charge in [0.15, 0.2) is 6.61 Å². The number of nitrogens with zero attached hydrogens (tertiary/aromatic N) is 2. The first kappa shape index (κ1) is 16.7. The number of pyridine rings is 1. The SMILES string of the molecule is CCOC1CCCN(C(=O)COc2ccnc3cc(C)ccc23)C1. The maximum absolute atomic E-state index is 12.4. The predicted molar refractivity (Wildman–Crippen MR) is 93.2 cm³/mol. The molecule has 5 nitrogen and oxygen atoms in total. The fraction of sp³-hybridized carbons (Fsp3) is 0.474. The molecule has 1 aromatic carbocycles. The van der Waals surface area contributed by atoms with Gasteiger partial charge in [-0.15, -0.1) is 0 Å². The number of hydrogen-bond donors (Lipinski definition) is 0. The standard InChI is InChI=1S/C19H24N2O3/c1-3-23-15-5-4-10-21(12-15)19(22)13-24-18-8-9-20-17-11-14(2)6-7-16(17)18/h6-9,11,15H,3-5,10,12-13H2,1-2H3. The van der Waals surface area contributed by atoms with E-state index in [1.54, 1.807) is 6.20 Å². The van der Waals surface area contributed by atoms with Gasteiger partial charge in [-0.05, 0) is 50.5 Å². The number of amides is 1. The number of likely N-dealkylation sites (tertiary alicyclic amines) is 1. The lowest BCUT2D eigenvalue weighted by Crippen LogP contribution is -2.45. The van der Waals surface area contributed by atoms with E-state index in [1.165, 1.54) is 0 Å².